The number of carbonyl (C=O) groups is 2. The maximum atomic E-state index is 15.8. The van der Waals surface area contributed by atoms with Crippen LogP contribution in [0.25, 0.3) is 11.1 Å². The first kappa shape index (κ1) is 37.2. The first-order valence-electron chi connectivity index (χ1n) is 15.4. The number of pyridine rings is 1. The van der Waals surface area contributed by atoms with E-state index in [-0.39, 0.29) is 42.0 Å². The third-order valence-corrected chi connectivity index (χ3v) is 8.24. The highest BCUT2D eigenvalue weighted by Crippen LogP contribution is 2.37. The molecule has 47 heavy (non-hydrogen) atoms. The fourth-order valence-electron chi connectivity index (χ4n) is 6.09. The number of hydrogen-bond donors (Lipinski definition) is 1. The van der Waals surface area contributed by atoms with Crippen molar-refractivity contribution in [3.8, 4) is 17.2 Å². The van der Waals surface area contributed by atoms with Crippen molar-refractivity contribution in [2.24, 2.45) is 5.92 Å². The number of carbonyl (C=O) groups excluding carboxylic acids is 1. The summed E-state index contributed by atoms with van der Waals surface area (Å²) in [4.78, 5) is 41.0. The molecule has 2 atom stereocenters. The summed E-state index contributed by atoms with van der Waals surface area (Å²) in [6.07, 6.45) is -4.68. The number of aromatic nitrogens is 1. The summed E-state index contributed by atoms with van der Waals surface area (Å²) >= 11 is 0. The Balaban J connectivity index is 2.16. The zero-order chi connectivity index (χ0) is 35.4. The number of carboxylic acids is 1. The van der Waals surface area contributed by atoms with Gasteiger partial charge in [0.25, 0.3) is 5.56 Å². The minimum Gasteiger partial charge on any atom is -0.481 e. The predicted molar refractivity (Wildman–Crippen MR) is 172 cm³/mol. The lowest BCUT2D eigenvalue weighted by Gasteiger charge is -2.26. The summed E-state index contributed by atoms with van der Waals surface area (Å²) in [5, 5.41) is 19.2. The number of Topliss-reactive ketones (excluding diaryl/α,β-unsaturated/α-hetero) is 1. The minimum absolute atomic E-state index is 0.00800. The van der Waals surface area contributed by atoms with E-state index < -0.39 is 59.7 Å². The van der Waals surface area contributed by atoms with Crippen molar-refractivity contribution in [2.75, 3.05) is 20.6 Å². The van der Waals surface area contributed by atoms with Gasteiger partial charge in [0, 0.05) is 31.1 Å². The summed E-state index contributed by atoms with van der Waals surface area (Å²) < 4.78 is 58.6. The number of nitrogens with zero attached hydrogens (tertiary/aromatic N) is 3. The second-order valence-electron chi connectivity index (χ2n) is 12.9. The maximum Gasteiger partial charge on any atom is 0.416 e. The van der Waals surface area contributed by atoms with Crippen LogP contribution < -0.4 is 5.56 Å². The Labute approximate surface area is 272 Å². The van der Waals surface area contributed by atoms with Crippen LogP contribution in [0.4, 0.5) is 17.6 Å². The lowest BCUT2D eigenvalue weighted by molar-refractivity contribution is -0.139. The third kappa shape index (κ3) is 9.16. The maximum absolute atomic E-state index is 15.8. The fourth-order valence-corrected chi connectivity index (χ4v) is 6.09. The van der Waals surface area contributed by atoms with Crippen molar-refractivity contribution in [2.45, 2.75) is 78.4 Å². The molecular weight excluding hydrogens is 614 g/mol. The molecule has 1 aromatic heterocycles. The van der Waals surface area contributed by atoms with Gasteiger partial charge in [-0.3, -0.25) is 14.4 Å². The molecule has 2 aromatic carbocycles. The van der Waals surface area contributed by atoms with E-state index in [1.54, 1.807) is 51.0 Å². The molecule has 0 saturated heterocycles. The Morgan fingerprint density at radius 2 is 1.62 bits per heavy atom. The second-order valence-corrected chi connectivity index (χ2v) is 12.9. The standard InChI is InChI=1S/C36H41F4N3O4/c1-20(2)10-30(43-19-25(8-9-42(6)7)29(17-32(43)45)36(38,39)40)31(44)15-26(16-33(46)47)28-14-27(13-23(5)35(28)37)34-21(3)11-24(18-41)12-22(34)4/h11-14,17,19-20,26,30H,8-10,15-16H2,1-7H3,(H,46,47)/t26-,30?/m0/s1. The number of likely N-dealkylation sites (N-methyl/N-ethyl adjacent to an activating group) is 1. The molecule has 0 amide bonds. The van der Waals surface area contributed by atoms with E-state index in [4.69, 9.17) is 0 Å². The van der Waals surface area contributed by atoms with E-state index in [1.807, 2.05) is 13.8 Å². The van der Waals surface area contributed by atoms with E-state index in [0.29, 0.717) is 17.2 Å². The Kier molecular flexibility index (Phi) is 11.9. The molecule has 7 nitrogen and oxygen atoms in total. The van der Waals surface area contributed by atoms with Crippen LogP contribution in [0.2, 0.25) is 0 Å². The van der Waals surface area contributed by atoms with Gasteiger partial charge in [0.15, 0.2) is 5.78 Å². The van der Waals surface area contributed by atoms with Gasteiger partial charge < -0.3 is 14.6 Å². The van der Waals surface area contributed by atoms with Crippen molar-refractivity contribution in [3.63, 3.8) is 0 Å². The topological polar surface area (TPSA) is 103 Å². The van der Waals surface area contributed by atoms with E-state index in [9.17, 15) is 37.9 Å². The van der Waals surface area contributed by atoms with Gasteiger partial charge in [-0.05, 0) is 117 Å². The molecule has 0 spiro atoms. The van der Waals surface area contributed by atoms with Crippen LogP contribution in [-0.4, -0.2) is 47.0 Å². The Morgan fingerprint density at radius 3 is 2.13 bits per heavy atom. The number of benzene rings is 2. The molecule has 0 fully saturated rings. The molecule has 0 aliphatic rings. The molecule has 252 valence electrons. The van der Waals surface area contributed by atoms with Gasteiger partial charge >= 0.3 is 12.1 Å². The lowest BCUT2D eigenvalue weighted by atomic mass is 9.83. The molecule has 3 rings (SSSR count). The molecule has 0 radical (unpaired) electrons. The van der Waals surface area contributed by atoms with Crippen LogP contribution in [0.5, 0.6) is 0 Å². The zero-order valence-corrected chi connectivity index (χ0v) is 27.8. The Hall–Kier alpha value is -4.30. The normalized spacial score (nSPS) is 13.1. The highest BCUT2D eigenvalue weighted by Gasteiger charge is 2.36. The summed E-state index contributed by atoms with van der Waals surface area (Å²) in [6, 6.07) is 7.95. The molecule has 0 aliphatic heterocycles. The Bertz CT molecular complexity index is 1730. The highest BCUT2D eigenvalue weighted by molar-refractivity contribution is 5.84. The quantitative estimate of drug-likeness (QED) is 0.193. The number of hydrogen-bond acceptors (Lipinski definition) is 5. The summed E-state index contributed by atoms with van der Waals surface area (Å²) in [5.41, 5.74) is 1.33. The number of aliphatic carboxylic acids is 1. The predicted octanol–water partition coefficient (Wildman–Crippen LogP) is 7.38. The van der Waals surface area contributed by atoms with E-state index in [2.05, 4.69) is 6.07 Å². The van der Waals surface area contributed by atoms with Gasteiger partial charge in [0.05, 0.1) is 29.7 Å². The van der Waals surface area contributed by atoms with Crippen molar-refractivity contribution < 1.29 is 32.3 Å². The van der Waals surface area contributed by atoms with Gasteiger partial charge in [-0.1, -0.05) is 13.8 Å². The lowest BCUT2D eigenvalue weighted by Crippen LogP contribution is -2.33. The first-order chi connectivity index (χ1) is 21.8. The van der Waals surface area contributed by atoms with Gasteiger partial charge in [-0.25, -0.2) is 4.39 Å². The Morgan fingerprint density at radius 1 is 1.00 bits per heavy atom. The van der Waals surface area contributed by atoms with Crippen molar-refractivity contribution in [1.29, 1.82) is 5.26 Å². The largest absolute Gasteiger partial charge is 0.481 e. The van der Waals surface area contributed by atoms with Crippen LogP contribution >= 0.6 is 0 Å². The smallest absolute Gasteiger partial charge is 0.416 e. The molecule has 11 heteroatoms. The summed E-state index contributed by atoms with van der Waals surface area (Å²) in [6.45, 7) is 9.01. The number of ketones is 1. The molecule has 0 saturated carbocycles. The number of alkyl halides is 3. The van der Waals surface area contributed by atoms with E-state index in [0.717, 1.165) is 27.5 Å². The van der Waals surface area contributed by atoms with Crippen LogP contribution in [0.3, 0.4) is 0 Å². The molecule has 0 bridgehead atoms. The van der Waals surface area contributed by atoms with Crippen molar-refractivity contribution in [3.05, 3.63) is 91.6 Å². The molecular formula is C36H41F4N3O4. The number of rotatable bonds is 13. The highest BCUT2D eigenvalue weighted by atomic mass is 19.4. The van der Waals surface area contributed by atoms with Crippen molar-refractivity contribution in [1.82, 2.24) is 9.47 Å². The SMILES string of the molecule is Cc1cc(-c2c(C)cc(C#N)cc2C)cc([C@H](CC(=O)O)CC(=O)C(CC(C)C)n2cc(CCN(C)C)c(C(F)(F)F)cc2=O)c1F. The number of carboxylic acid groups (broad SMARTS) is 1. The molecule has 1 unspecified atom stereocenters. The van der Waals surface area contributed by atoms with Crippen molar-refractivity contribution >= 4 is 11.8 Å². The summed E-state index contributed by atoms with van der Waals surface area (Å²) in [5.74, 6) is -3.82. The monoisotopic (exact) mass is 655 g/mol. The zero-order valence-electron chi connectivity index (χ0n) is 27.8. The number of halogens is 4. The molecule has 0 aliphatic carbocycles. The average molecular weight is 656 g/mol. The fraction of sp³-hybridized carbons (Fsp3) is 0.444. The van der Waals surface area contributed by atoms with Crippen LogP contribution in [0.15, 0.2) is 41.3 Å². The van der Waals surface area contributed by atoms with Gasteiger partial charge in [-0.2, -0.15) is 18.4 Å². The van der Waals surface area contributed by atoms with Crippen LogP contribution in [0.1, 0.15) is 84.0 Å². The minimum atomic E-state index is -4.78. The number of nitriles is 1. The van der Waals surface area contributed by atoms with Gasteiger partial charge in [0.1, 0.15) is 5.82 Å². The van der Waals surface area contributed by atoms with Gasteiger partial charge in [0.2, 0.25) is 0 Å². The molecule has 1 N–H and O–H groups in total. The first-order valence-corrected chi connectivity index (χ1v) is 15.4. The van der Waals surface area contributed by atoms with Crippen LogP contribution in [0, 0.1) is 43.8 Å². The van der Waals surface area contributed by atoms with Crippen LogP contribution in [-0.2, 0) is 22.2 Å². The molecule has 1 heterocycles. The average Bonchev–Trinajstić information content (AvgIpc) is 2.95. The molecule has 3 aromatic rings. The third-order valence-electron chi connectivity index (χ3n) is 8.24. The van der Waals surface area contributed by atoms with E-state index >= 15 is 4.39 Å². The van der Waals surface area contributed by atoms with Gasteiger partial charge in [-0.15, -0.1) is 0 Å². The summed E-state index contributed by atoms with van der Waals surface area (Å²) in [7, 11) is 3.41. The number of aryl methyl sites for hydroxylation is 3. The second kappa shape index (κ2) is 15.1. The van der Waals surface area contributed by atoms with E-state index in [1.165, 1.54) is 13.0 Å².